The van der Waals surface area contributed by atoms with E-state index >= 15 is 0 Å². The number of nitrogens with two attached hydrogens (primary N) is 1. The van der Waals surface area contributed by atoms with Gasteiger partial charge in [-0.05, 0) is 40.6 Å². The molecule has 3 rings (SSSR count). The smallest absolute Gasteiger partial charge is 0.0413 e. The third-order valence-corrected chi connectivity index (χ3v) is 3.31. The van der Waals surface area contributed by atoms with Gasteiger partial charge in [0.05, 0.1) is 0 Å². The first kappa shape index (κ1) is 11.1. The van der Waals surface area contributed by atoms with Gasteiger partial charge in [-0.2, -0.15) is 0 Å². The lowest BCUT2D eigenvalue weighted by Crippen LogP contribution is -1.89. The Balaban J connectivity index is 2.22. The lowest BCUT2D eigenvalue weighted by molar-refractivity contribution is 1.63. The second-order valence-corrected chi connectivity index (χ2v) is 4.73. The molecule has 0 aliphatic heterocycles. The fourth-order valence-corrected chi connectivity index (χ4v) is 2.31. The number of hydrogen-bond donors (Lipinski definition) is 1. The van der Waals surface area contributed by atoms with Crippen LogP contribution in [0.2, 0.25) is 5.02 Å². The van der Waals surface area contributed by atoms with Crippen molar-refractivity contribution in [3.63, 3.8) is 0 Å². The molecular weight excluding hydrogens is 242 g/mol. The highest BCUT2D eigenvalue weighted by atomic mass is 35.5. The molecule has 18 heavy (non-hydrogen) atoms. The van der Waals surface area contributed by atoms with Gasteiger partial charge in [0, 0.05) is 16.3 Å². The van der Waals surface area contributed by atoms with Crippen LogP contribution in [0.25, 0.3) is 21.9 Å². The average molecular weight is 254 g/mol. The second kappa shape index (κ2) is 4.35. The molecule has 0 amide bonds. The zero-order valence-corrected chi connectivity index (χ0v) is 10.5. The zero-order chi connectivity index (χ0) is 12.5. The number of nitrogen functional groups attached to an aromatic ring is 1. The molecule has 0 aliphatic rings. The van der Waals surface area contributed by atoms with Crippen LogP contribution in [0, 0.1) is 0 Å². The molecule has 0 spiro atoms. The first-order valence-electron chi connectivity index (χ1n) is 5.78. The molecule has 0 saturated carbocycles. The SMILES string of the molecule is Nc1ccc(Cl)cc1-c1ccc2ccccc2c1. The van der Waals surface area contributed by atoms with Crippen molar-refractivity contribution in [3.05, 3.63) is 65.7 Å². The molecule has 3 aromatic carbocycles. The lowest BCUT2D eigenvalue weighted by atomic mass is 10.00. The molecule has 0 radical (unpaired) electrons. The van der Waals surface area contributed by atoms with E-state index < -0.39 is 0 Å². The topological polar surface area (TPSA) is 26.0 Å². The molecule has 1 nitrogen and oxygen atoms in total. The van der Waals surface area contributed by atoms with Gasteiger partial charge in [-0.1, -0.05) is 48.0 Å². The van der Waals surface area contributed by atoms with Crippen LogP contribution in [-0.4, -0.2) is 0 Å². The third kappa shape index (κ3) is 1.93. The first-order valence-corrected chi connectivity index (χ1v) is 6.16. The van der Waals surface area contributed by atoms with Crippen LogP contribution in [0.4, 0.5) is 5.69 Å². The Morgan fingerprint density at radius 1 is 0.778 bits per heavy atom. The molecule has 0 atom stereocenters. The largest absolute Gasteiger partial charge is 0.398 e. The van der Waals surface area contributed by atoms with Crippen molar-refractivity contribution in [1.82, 2.24) is 0 Å². The van der Waals surface area contributed by atoms with E-state index in [9.17, 15) is 0 Å². The molecule has 88 valence electrons. The normalized spacial score (nSPS) is 10.7. The van der Waals surface area contributed by atoms with E-state index in [1.807, 2.05) is 24.3 Å². The molecule has 0 aromatic heterocycles. The number of fused-ring (bicyclic) bond motifs is 1. The maximum absolute atomic E-state index is 6.03. The van der Waals surface area contributed by atoms with E-state index in [2.05, 4.69) is 30.3 Å². The molecule has 0 saturated heterocycles. The number of benzene rings is 3. The van der Waals surface area contributed by atoms with Gasteiger partial charge in [0.1, 0.15) is 0 Å². The molecule has 0 bridgehead atoms. The summed E-state index contributed by atoms with van der Waals surface area (Å²) in [5.74, 6) is 0. The molecule has 0 unspecified atom stereocenters. The number of rotatable bonds is 1. The van der Waals surface area contributed by atoms with Crippen molar-refractivity contribution in [3.8, 4) is 11.1 Å². The Labute approximate surface area is 111 Å². The van der Waals surface area contributed by atoms with E-state index in [1.165, 1.54) is 10.8 Å². The Kier molecular flexibility index (Phi) is 2.69. The van der Waals surface area contributed by atoms with Crippen molar-refractivity contribution in [1.29, 1.82) is 0 Å². The van der Waals surface area contributed by atoms with Gasteiger partial charge in [-0.3, -0.25) is 0 Å². The minimum atomic E-state index is 0.701. The summed E-state index contributed by atoms with van der Waals surface area (Å²) in [6, 6.07) is 20.1. The molecule has 0 aliphatic carbocycles. The van der Waals surface area contributed by atoms with Crippen LogP contribution in [0.3, 0.4) is 0 Å². The Hall–Kier alpha value is -1.99. The molecule has 2 heteroatoms. The van der Waals surface area contributed by atoms with Crippen LogP contribution >= 0.6 is 11.6 Å². The molecular formula is C16H12ClN. The van der Waals surface area contributed by atoms with Crippen LogP contribution in [0.5, 0.6) is 0 Å². The van der Waals surface area contributed by atoms with E-state index in [1.54, 1.807) is 6.07 Å². The van der Waals surface area contributed by atoms with Crippen LogP contribution in [0.1, 0.15) is 0 Å². The summed E-state index contributed by atoms with van der Waals surface area (Å²) in [5.41, 5.74) is 8.82. The Morgan fingerprint density at radius 3 is 2.39 bits per heavy atom. The van der Waals surface area contributed by atoms with Gasteiger partial charge in [0.15, 0.2) is 0 Å². The van der Waals surface area contributed by atoms with Gasteiger partial charge in [-0.25, -0.2) is 0 Å². The van der Waals surface area contributed by atoms with E-state index in [4.69, 9.17) is 17.3 Å². The van der Waals surface area contributed by atoms with Gasteiger partial charge >= 0.3 is 0 Å². The quantitative estimate of drug-likeness (QED) is 0.623. The summed E-state index contributed by atoms with van der Waals surface area (Å²) < 4.78 is 0. The number of halogens is 1. The Bertz CT molecular complexity index is 719. The standard InChI is InChI=1S/C16H12ClN/c17-14-7-8-16(18)15(10-14)13-6-5-11-3-1-2-4-12(11)9-13/h1-10H,18H2. The van der Waals surface area contributed by atoms with Gasteiger partial charge in [0.2, 0.25) is 0 Å². The third-order valence-electron chi connectivity index (χ3n) is 3.08. The van der Waals surface area contributed by atoms with Crippen LogP contribution < -0.4 is 5.73 Å². The van der Waals surface area contributed by atoms with Gasteiger partial charge in [-0.15, -0.1) is 0 Å². The van der Waals surface area contributed by atoms with Crippen molar-refractivity contribution < 1.29 is 0 Å². The summed E-state index contributed by atoms with van der Waals surface area (Å²) in [5, 5.41) is 3.13. The summed E-state index contributed by atoms with van der Waals surface area (Å²) in [7, 11) is 0. The van der Waals surface area contributed by atoms with Gasteiger partial charge < -0.3 is 5.73 Å². The van der Waals surface area contributed by atoms with E-state index in [0.717, 1.165) is 16.8 Å². The average Bonchev–Trinajstić information content (AvgIpc) is 2.41. The maximum atomic E-state index is 6.03. The molecule has 0 heterocycles. The molecule has 0 fully saturated rings. The fourth-order valence-electron chi connectivity index (χ4n) is 2.14. The summed E-state index contributed by atoms with van der Waals surface area (Å²) in [6.07, 6.45) is 0. The predicted octanol–water partition coefficient (Wildman–Crippen LogP) is 4.74. The summed E-state index contributed by atoms with van der Waals surface area (Å²) in [4.78, 5) is 0. The van der Waals surface area contributed by atoms with Gasteiger partial charge in [0.25, 0.3) is 0 Å². The van der Waals surface area contributed by atoms with Crippen molar-refractivity contribution in [2.45, 2.75) is 0 Å². The highest BCUT2D eigenvalue weighted by Crippen LogP contribution is 2.30. The van der Waals surface area contributed by atoms with Crippen LogP contribution in [0.15, 0.2) is 60.7 Å². The Morgan fingerprint density at radius 2 is 1.56 bits per heavy atom. The second-order valence-electron chi connectivity index (χ2n) is 4.29. The van der Waals surface area contributed by atoms with Crippen LogP contribution in [-0.2, 0) is 0 Å². The molecule has 2 N–H and O–H groups in total. The monoisotopic (exact) mass is 253 g/mol. The minimum Gasteiger partial charge on any atom is -0.398 e. The minimum absolute atomic E-state index is 0.701. The highest BCUT2D eigenvalue weighted by molar-refractivity contribution is 6.31. The maximum Gasteiger partial charge on any atom is 0.0413 e. The van der Waals surface area contributed by atoms with Crippen molar-refractivity contribution >= 4 is 28.1 Å². The van der Waals surface area contributed by atoms with Crippen molar-refractivity contribution in [2.24, 2.45) is 0 Å². The summed E-state index contributed by atoms with van der Waals surface area (Å²) in [6.45, 7) is 0. The van der Waals surface area contributed by atoms with Crippen molar-refractivity contribution in [2.75, 3.05) is 5.73 Å². The number of hydrogen-bond acceptors (Lipinski definition) is 1. The molecule has 3 aromatic rings. The fraction of sp³-hybridized carbons (Fsp3) is 0. The van der Waals surface area contributed by atoms with E-state index in [0.29, 0.717) is 5.02 Å². The number of anilines is 1. The van der Waals surface area contributed by atoms with E-state index in [-0.39, 0.29) is 0 Å². The highest BCUT2D eigenvalue weighted by Gasteiger charge is 2.04. The first-order chi connectivity index (χ1) is 8.74. The lowest BCUT2D eigenvalue weighted by Gasteiger charge is -2.08. The predicted molar refractivity (Wildman–Crippen MR) is 78.8 cm³/mol. The zero-order valence-electron chi connectivity index (χ0n) is 9.73. The summed E-state index contributed by atoms with van der Waals surface area (Å²) >= 11 is 6.03.